The summed E-state index contributed by atoms with van der Waals surface area (Å²) in [5.41, 5.74) is 6.95. The van der Waals surface area contributed by atoms with Gasteiger partial charge in [0.25, 0.3) is 5.56 Å². The molecule has 0 spiro atoms. The van der Waals surface area contributed by atoms with Gasteiger partial charge in [0.1, 0.15) is 11.4 Å². The Hall–Kier alpha value is -2.60. The quantitative estimate of drug-likeness (QED) is 0.429. The molecule has 0 aliphatic heterocycles. The van der Waals surface area contributed by atoms with E-state index >= 15 is 0 Å². The molecule has 1 unspecified atom stereocenters. The molecule has 1 aromatic carbocycles. The Morgan fingerprint density at radius 3 is 2.85 bits per heavy atom. The molecule has 6 nitrogen and oxygen atoms in total. The van der Waals surface area contributed by atoms with Gasteiger partial charge in [-0.05, 0) is 30.7 Å². The Labute approximate surface area is 115 Å². The Morgan fingerprint density at radius 1 is 1.45 bits per heavy atom. The number of nitrogen functional groups attached to an aromatic ring is 1. The first-order valence-corrected chi connectivity index (χ1v) is 6.10. The van der Waals surface area contributed by atoms with Gasteiger partial charge in [-0.3, -0.25) is 10.2 Å². The molecule has 6 heteroatoms. The molecule has 0 bridgehead atoms. The van der Waals surface area contributed by atoms with E-state index in [1.165, 1.54) is 12.3 Å². The summed E-state index contributed by atoms with van der Waals surface area (Å²) in [7, 11) is 0. The fourth-order valence-corrected chi connectivity index (χ4v) is 1.83. The molecule has 0 fully saturated rings. The molecule has 2 aromatic rings. The van der Waals surface area contributed by atoms with Crippen LogP contribution < -0.4 is 16.6 Å². The molecule has 1 aromatic heterocycles. The minimum Gasteiger partial charge on any atom is -0.398 e. The average Bonchev–Trinajstić information content (AvgIpc) is 2.38. The van der Waals surface area contributed by atoms with Crippen LogP contribution in [-0.4, -0.2) is 15.9 Å². The van der Waals surface area contributed by atoms with Crippen molar-refractivity contribution in [3.63, 3.8) is 0 Å². The van der Waals surface area contributed by atoms with Crippen molar-refractivity contribution in [3.05, 3.63) is 58.0 Å². The Bertz CT molecular complexity index is 692. The second-order valence-corrected chi connectivity index (χ2v) is 4.44. The largest absolute Gasteiger partial charge is 0.398 e. The number of aliphatic hydroxyl groups is 1. The van der Waals surface area contributed by atoms with E-state index in [1.54, 1.807) is 31.2 Å². The van der Waals surface area contributed by atoms with Crippen molar-refractivity contribution < 1.29 is 5.11 Å². The standard InChI is InChI=1S/C14H16N4O2/c1-8(19)9-3-2-4-10(7-9)18-13(16)12-11(15)5-6-17-14(12)20/h2-8,19H,1H3,(H2,16,18)(H3,15,17,20). The van der Waals surface area contributed by atoms with Crippen molar-refractivity contribution in [2.75, 3.05) is 11.1 Å². The van der Waals surface area contributed by atoms with E-state index < -0.39 is 11.7 Å². The van der Waals surface area contributed by atoms with Crippen molar-refractivity contribution in [3.8, 4) is 0 Å². The molecule has 0 saturated carbocycles. The molecule has 0 saturated heterocycles. The fourth-order valence-electron chi connectivity index (χ4n) is 1.83. The molecule has 1 heterocycles. The van der Waals surface area contributed by atoms with Gasteiger partial charge in [-0.25, -0.2) is 0 Å². The molecule has 20 heavy (non-hydrogen) atoms. The van der Waals surface area contributed by atoms with Gasteiger partial charge < -0.3 is 21.1 Å². The summed E-state index contributed by atoms with van der Waals surface area (Å²) >= 11 is 0. The lowest BCUT2D eigenvalue weighted by molar-refractivity contribution is 0.199. The summed E-state index contributed by atoms with van der Waals surface area (Å²) in [6.07, 6.45) is 0.832. The average molecular weight is 272 g/mol. The third-order valence-corrected chi connectivity index (χ3v) is 2.88. The number of nitrogens with one attached hydrogen (secondary N) is 3. The van der Waals surface area contributed by atoms with Gasteiger partial charge in [0.05, 0.1) is 6.10 Å². The van der Waals surface area contributed by atoms with Gasteiger partial charge >= 0.3 is 0 Å². The highest BCUT2D eigenvalue weighted by Crippen LogP contribution is 2.18. The number of pyridine rings is 1. The minimum atomic E-state index is -0.601. The van der Waals surface area contributed by atoms with Crippen LogP contribution in [-0.2, 0) is 0 Å². The van der Waals surface area contributed by atoms with Gasteiger partial charge in [-0.1, -0.05) is 12.1 Å². The molecule has 2 rings (SSSR count). The van der Waals surface area contributed by atoms with E-state index in [-0.39, 0.29) is 17.1 Å². The van der Waals surface area contributed by atoms with Crippen LogP contribution in [0.25, 0.3) is 0 Å². The Kier molecular flexibility index (Phi) is 3.86. The topological polar surface area (TPSA) is 115 Å². The van der Waals surface area contributed by atoms with E-state index in [4.69, 9.17) is 11.1 Å². The summed E-state index contributed by atoms with van der Waals surface area (Å²) in [5.74, 6) is -0.0907. The molecular formula is C14H16N4O2. The summed E-state index contributed by atoms with van der Waals surface area (Å²) in [6, 6.07) is 8.53. The zero-order valence-electron chi connectivity index (χ0n) is 11.0. The van der Waals surface area contributed by atoms with Crippen molar-refractivity contribution in [1.82, 2.24) is 4.98 Å². The Balaban J connectivity index is 2.28. The predicted octanol–water partition coefficient (Wildman–Crippen LogP) is 1.45. The number of benzene rings is 1. The maximum Gasteiger partial charge on any atom is 0.261 e. The summed E-state index contributed by atoms with van der Waals surface area (Å²) in [6.45, 7) is 1.66. The highest BCUT2D eigenvalue weighted by atomic mass is 16.3. The maximum atomic E-state index is 11.7. The monoisotopic (exact) mass is 272 g/mol. The number of rotatable bonds is 3. The molecule has 1 atom stereocenters. The van der Waals surface area contributed by atoms with Crippen LogP contribution in [0.3, 0.4) is 0 Å². The normalized spacial score (nSPS) is 11.9. The Morgan fingerprint density at radius 2 is 2.20 bits per heavy atom. The number of aromatic amines is 1. The smallest absolute Gasteiger partial charge is 0.261 e. The lowest BCUT2D eigenvalue weighted by atomic mass is 10.1. The lowest BCUT2D eigenvalue weighted by Crippen LogP contribution is -2.24. The van der Waals surface area contributed by atoms with Crippen LogP contribution in [0, 0.1) is 5.41 Å². The number of amidine groups is 1. The number of aromatic nitrogens is 1. The van der Waals surface area contributed by atoms with E-state index in [0.29, 0.717) is 5.69 Å². The zero-order chi connectivity index (χ0) is 14.7. The van der Waals surface area contributed by atoms with Crippen molar-refractivity contribution in [2.24, 2.45) is 0 Å². The fraction of sp³-hybridized carbons (Fsp3) is 0.143. The van der Waals surface area contributed by atoms with Gasteiger partial charge in [0.15, 0.2) is 0 Å². The second-order valence-electron chi connectivity index (χ2n) is 4.44. The minimum absolute atomic E-state index is 0.0907. The van der Waals surface area contributed by atoms with Crippen LogP contribution in [0.1, 0.15) is 24.2 Å². The highest BCUT2D eigenvalue weighted by molar-refractivity contribution is 6.09. The van der Waals surface area contributed by atoms with Gasteiger partial charge in [-0.2, -0.15) is 0 Å². The first kappa shape index (κ1) is 13.8. The number of aliphatic hydroxyl groups excluding tert-OH is 1. The van der Waals surface area contributed by atoms with Crippen molar-refractivity contribution >= 4 is 17.2 Å². The van der Waals surface area contributed by atoms with Crippen LogP contribution >= 0.6 is 0 Å². The molecule has 0 aliphatic carbocycles. The van der Waals surface area contributed by atoms with Crippen LogP contribution in [0.5, 0.6) is 0 Å². The van der Waals surface area contributed by atoms with E-state index in [2.05, 4.69) is 10.3 Å². The van der Waals surface area contributed by atoms with Crippen LogP contribution in [0.4, 0.5) is 11.4 Å². The van der Waals surface area contributed by atoms with Gasteiger partial charge in [0, 0.05) is 17.6 Å². The highest BCUT2D eigenvalue weighted by Gasteiger charge is 2.11. The van der Waals surface area contributed by atoms with Crippen LogP contribution in [0.2, 0.25) is 0 Å². The number of H-pyrrole nitrogens is 1. The van der Waals surface area contributed by atoms with Gasteiger partial charge in [0.2, 0.25) is 0 Å². The number of hydrogen-bond donors (Lipinski definition) is 5. The van der Waals surface area contributed by atoms with Crippen molar-refractivity contribution in [1.29, 1.82) is 5.41 Å². The second kappa shape index (κ2) is 5.58. The zero-order valence-corrected chi connectivity index (χ0v) is 11.0. The predicted molar refractivity (Wildman–Crippen MR) is 79.0 cm³/mol. The number of anilines is 2. The van der Waals surface area contributed by atoms with E-state index in [0.717, 1.165) is 5.56 Å². The molecule has 0 amide bonds. The number of hydrogen-bond acceptors (Lipinski definition) is 4. The summed E-state index contributed by atoms with van der Waals surface area (Å²) < 4.78 is 0. The molecule has 0 aliphatic rings. The maximum absolute atomic E-state index is 11.7. The lowest BCUT2D eigenvalue weighted by Gasteiger charge is -2.11. The molecule has 6 N–H and O–H groups in total. The summed E-state index contributed by atoms with van der Waals surface area (Å²) in [5, 5.41) is 20.3. The van der Waals surface area contributed by atoms with Crippen LogP contribution in [0.15, 0.2) is 41.3 Å². The molecule has 0 radical (unpaired) electrons. The van der Waals surface area contributed by atoms with E-state index in [1.807, 2.05) is 0 Å². The SMILES string of the molecule is CC(O)c1cccc(NC(=N)c2c(N)cc[nH]c2=O)c1. The van der Waals surface area contributed by atoms with Crippen molar-refractivity contribution in [2.45, 2.75) is 13.0 Å². The van der Waals surface area contributed by atoms with E-state index in [9.17, 15) is 9.90 Å². The molecule has 104 valence electrons. The number of nitrogens with two attached hydrogens (primary N) is 1. The third kappa shape index (κ3) is 2.86. The first-order valence-electron chi connectivity index (χ1n) is 6.10. The first-order chi connectivity index (χ1) is 9.49. The molecular weight excluding hydrogens is 256 g/mol. The third-order valence-electron chi connectivity index (χ3n) is 2.88. The van der Waals surface area contributed by atoms with Gasteiger partial charge in [-0.15, -0.1) is 0 Å². The summed E-state index contributed by atoms with van der Waals surface area (Å²) in [4.78, 5) is 14.2.